The molecule has 1 saturated heterocycles. The van der Waals surface area contributed by atoms with Crippen LogP contribution in [-0.4, -0.2) is 33.6 Å². The van der Waals surface area contributed by atoms with Gasteiger partial charge in [-0.1, -0.05) is 0 Å². The van der Waals surface area contributed by atoms with E-state index in [1.165, 1.54) is 12.3 Å². The second kappa shape index (κ2) is 5.21. The van der Waals surface area contributed by atoms with E-state index in [9.17, 15) is 20.0 Å². The third-order valence-electron chi connectivity index (χ3n) is 3.31. The molecule has 0 bridgehead atoms. The lowest BCUT2D eigenvalue weighted by molar-refractivity contribution is -0.385. The zero-order valence-corrected chi connectivity index (χ0v) is 10.6. The van der Waals surface area contributed by atoms with Crippen molar-refractivity contribution >= 4 is 17.5 Å². The highest BCUT2D eigenvalue weighted by Crippen LogP contribution is 2.27. The SMILES string of the molecule is Cc1cc([N+](=O)[O-])cnc1N1CCCCC1C(=O)O. The van der Waals surface area contributed by atoms with E-state index >= 15 is 0 Å². The Bertz CT molecular complexity index is 518. The Morgan fingerprint density at radius 2 is 2.32 bits per heavy atom. The van der Waals surface area contributed by atoms with Crippen LogP contribution in [0.4, 0.5) is 11.5 Å². The van der Waals surface area contributed by atoms with Crippen molar-refractivity contribution in [2.24, 2.45) is 0 Å². The van der Waals surface area contributed by atoms with Gasteiger partial charge in [0.1, 0.15) is 18.1 Å². The fourth-order valence-electron chi connectivity index (χ4n) is 2.40. The van der Waals surface area contributed by atoms with E-state index in [1.54, 1.807) is 11.8 Å². The van der Waals surface area contributed by atoms with Crippen LogP contribution in [0.25, 0.3) is 0 Å². The first-order valence-electron chi connectivity index (χ1n) is 6.11. The topological polar surface area (TPSA) is 96.6 Å². The minimum absolute atomic E-state index is 0.0786. The minimum atomic E-state index is -0.876. The molecule has 1 N–H and O–H groups in total. The van der Waals surface area contributed by atoms with E-state index in [1.807, 2.05) is 0 Å². The van der Waals surface area contributed by atoms with Gasteiger partial charge in [0.2, 0.25) is 0 Å². The first-order valence-corrected chi connectivity index (χ1v) is 6.11. The number of nitro groups is 1. The smallest absolute Gasteiger partial charge is 0.326 e. The molecular formula is C12H15N3O4. The molecule has 1 aliphatic heterocycles. The van der Waals surface area contributed by atoms with Crippen molar-refractivity contribution in [2.75, 3.05) is 11.4 Å². The fourth-order valence-corrected chi connectivity index (χ4v) is 2.40. The highest BCUT2D eigenvalue weighted by atomic mass is 16.6. The van der Waals surface area contributed by atoms with Gasteiger partial charge in [-0.25, -0.2) is 9.78 Å². The highest BCUT2D eigenvalue weighted by molar-refractivity contribution is 5.78. The molecule has 102 valence electrons. The van der Waals surface area contributed by atoms with Crippen LogP contribution >= 0.6 is 0 Å². The molecule has 19 heavy (non-hydrogen) atoms. The van der Waals surface area contributed by atoms with Crippen molar-refractivity contribution in [1.29, 1.82) is 0 Å². The number of carboxylic acid groups (broad SMARTS) is 1. The molecule has 0 aliphatic carbocycles. The highest BCUT2D eigenvalue weighted by Gasteiger charge is 2.30. The van der Waals surface area contributed by atoms with Crippen molar-refractivity contribution in [2.45, 2.75) is 32.2 Å². The van der Waals surface area contributed by atoms with Crippen LogP contribution in [0.5, 0.6) is 0 Å². The van der Waals surface area contributed by atoms with E-state index in [2.05, 4.69) is 4.98 Å². The molecule has 1 aliphatic rings. The van der Waals surface area contributed by atoms with Crippen LogP contribution < -0.4 is 4.90 Å². The number of aryl methyl sites for hydroxylation is 1. The van der Waals surface area contributed by atoms with Crippen LogP contribution in [0.1, 0.15) is 24.8 Å². The summed E-state index contributed by atoms with van der Waals surface area (Å²) in [4.78, 5) is 27.2. The lowest BCUT2D eigenvalue weighted by Crippen LogP contribution is -2.45. The number of carboxylic acids is 1. The molecule has 2 rings (SSSR count). The van der Waals surface area contributed by atoms with Crippen molar-refractivity contribution in [3.05, 3.63) is 27.9 Å². The summed E-state index contributed by atoms with van der Waals surface area (Å²) in [5.74, 6) is -0.350. The van der Waals surface area contributed by atoms with E-state index in [0.29, 0.717) is 24.3 Å². The van der Waals surface area contributed by atoms with Gasteiger partial charge in [0.25, 0.3) is 5.69 Å². The van der Waals surface area contributed by atoms with Crippen LogP contribution in [0.15, 0.2) is 12.3 Å². The zero-order valence-electron chi connectivity index (χ0n) is 10.6. The van der Waals surface area contributed by atoms with Crippen molar-refractivity contribution in [3.8, 4) is 0 Å². The number of piperidine rings is 1. The van der Waals surface area contributed by atoms with Gasteiger partial charge < -0.3 is 10.0 Å². The predicted molar refractivity (Wildman–Crippen MR) is 68.2 cm³/mol. The summed E-state index contributed by atoms with van der Waals surface area (Å²) in [5, 5.41) is 19.9. The summed E-state index contributed by atoms with van der Waals surface area (Å²) >= 11 is 0. The summed E-state index contributed by atoms with van der Waals surface area (Å²) in [6, 6.07) is 0.831. The van der Waals surface area contributed by atoms with E-state index in [-0.39, 0.29) is 5.69 Å². The first kappa shape index (κ1) is 13.3. The average molecular weight is 265 g/mol. The number of nitrogens with zero attached hydrogens (tertiary/aromatic N) is 3. The summed E-state index contributed by atoms with van der Waals surface area (Å²) in [6.07, 6.45) is 3.53. The average Bonchev–Trinajstić information content (AvgIpc) is 2.38. The summed E-state index contributed by atoms with van der Waals surface area (Å²) < 4.78 is 0. The van der Waals surface area contributed by atoms with Crippen molar-refractivity contribution < 1.29 is 14.8 Å². The molecule has 2 heterocycles. The molecule has 1 aromatic heterocycles. The first-order chi connectivity index (χ1) is 9.00. The van der Waals surface area contributed by atoms with E-state index in [0.717, 1.165) is 12.8 Å². The molecule has 0 saturated carbocycles. The van der Waals surface area contributed by atoms with Gasteiger partial charge in [-0.2, -0.15) is 0 Å². The van der Waals surface area contributed by atoms with Gasteiger partial charge in [0.05, 0.1) is 4.92 Å². The minimum Gasteiger partial charge on any atom is -0.480 e. The lowest BCUT2D eigenvalue weighted by Gasteiger charge is -2.34. The van der Waals surface area contributed by atoms with Crippen LogP contribution in [0, 0.1) is 17.0 Å². The molecule has 0 spiro atoms. The number of carbonyl (C=O) groups is 1. The van der Waals surface area contributed by atoms with Gasteiger partial charge in [-0.15, -0.1) is 0 Å². The summed E-state index contributed by atoms with van der Waals surface area (Å²) in [6.45, 7) is 2.32. The van der Waals surface area contributed by atoms with Gasteiger partial charge in [0.15, 0.2) is 0 Å². The Labute approximate surface area is 110 Å². The molecule has 0 radical (unpaired) electrons. The van der Waals surface area contributed by atoms with Crippen LogP contribution in [-0.2, 0) is 4.79 Å². The van der Waals surface area contributed by atoms with Crippen LogP contribution in [0.3, 0.4) is 0 Å². The maximum atomic E-state index is 11.2. The number of hydrogen-bond donors (Lipinski definition) is 1. The fraction of sp³-hybridized carbons (Fsp3) is 0.500. The molecule has 1 unspecified atom stereocenters. The maximum absolute atomic E-state index is 11.2. The van der Waals surface area contributed by atoms with Gasteiger partial charge in [0, 0.05) is 12.6 Å². The third-order valence-corrected chi connectivity index (χ3v) is 3.31. The standard InChI is InChI=1S/C12H15N3O4/c1-8-6-9(15(18)19)7-13-11(8)14-5-3-2-4-10(14)12(16)17/h6-7,10H,2-5H2,1H3,(H,16,17). The van der Waals surface area contributed by atoms with Gasteiger partial charge in [-0.3, -0.25) is 10.1 Å². The summed E-state index contributed by atoms with van der Waals surface area (Å²) in [5.41, 5.74) is 0.549. The number of anilines is 1. The van der Waals surface area contributed by atoms with E-state index in [4.69, 9.17) is 0 Å². The zero-order chi connectivity index (χ0) is 14.0. The molecule has 1 atom stereocenters. The third kappa shape index (κ3) is 2.64. The molecular weight excluding hydrogens is 250 g/mol. The number of aromatic nitrogens is 1. The van der Waals surface area contributed by atoms with Crippen molar-refractivity contribution in [1.82, 2.24) is 4.98 Å². The van der Waals surface area contributed by atoms with Gasteiger partial charge in [-0.05, 0) is 31.7 Å². The molecule has 7 nitrogen and oxygen atoms in total. The Hall–Kier alpha value is -2.18. The Kier molecular flexibility index (Phi) is 3.64. The van der Waals surface area contributed by atoms with Gasteiger partial charge >= 0.3 is 5.97 Å². The lowest BCUT2D eigenvalue weighted by atomic mass is 10.0. The number of pyridine rings is 1. The maximum Gasteiger partial charge on any atom is 0.326 e. The monoisotopic (exact) mass is 265 g/mol. The molecule has 0 aromatic carbocycles. The normalized spacial score (nSPS) is 19.2. The molecule has 0 amide bonds. The van der Waals surface area contributed by atoms with E-state index < -0.39 is 16.9 Å². The quantitative estimate of drug-likeness (QED) is 0.660. The van der Waals surface area contributed by atoms with Crippen molar-refractivity contribution in [3.63, 3.8) is 0 Å². The molecule has 1 fully saturated rings. The molecule has 7 heteroatoms. The summed E-state index contributed by atoms with van der Waals surface area (Å²) in [7, 11) is 0. The number of hydrogen-bond acceptors (Lipinski definition) is 5. The second-order valence-corrected chi connectivity index (χ2v) is 4.63. The second-order valence-electron chi connectivity index (χ2n) is 4.63. The Morgan fingerprint density at radius 1 is 1.58 bits per heavy atom. The number of aliphatic carboxylic acids is 1. The largest absolute Gasteiger partial charge is 0.480 e. The number of rotatable bonds is 3. The molecule has 1 aromatic rings. The van der Waals surface area contributed by atoms with Crippen LogP contribution in [0.2, 0.25) is 0 Å². The Balaban J connectivity index is 2.34. The Morgan fingerprint density at radius 3 is 2.89 bits per heavy atom. The predicted octanol–water partition coefficient (Wildman–Crippen LogP) is 1.74.